The third-order valence-electron chi connectivity index (χ3n) is 1.08. The molecule has 0 amide bonds. The van der Waals surface area contributed by atoms with E-state index in [2.05, 4.69) is 15.4 Å². The first-order valence-corrected chi connectivity index (χ1v) is 3.58. The molecule has 0 radical (unpaired) electrons. The maximum absolute atomic E-state index is 3.42. The van der Waals surface area contributed by atoms with E-state index in [0.717, 1.165) is 0 Å². The molecule has 3 heteroatoms. The van der Waals surface area contributed by atoms with E-state index in [4.69, 9.17) is 0 Å². The van der Waals surface area contributed by atoms with Gasteiger partial charge in [-0.2, -0.15) is 0 Å². The van der Waals surface area contributed by atoms with Gasteiger partial charge in [-0.25, -0.2) is 0 Å². The van der Waals surface area contributed by atoms with Gasteiger partial charge in [0.25, 0.3) is 0 Å². The summed E-state index contributed by atoms with van der Waals surface area (Å²) in [5.74, 6) is 0. The molecule has 0 aliphatic rings. The van der Waals surface area contributed by atoms with Crippen LogP contribution in [0, 0.1) is 0 Å². The number of hydrogen-bond acceptors (Lipinski definition) is 3. The molecule has 60 valence electrons. The lowest BCUT2D eigenvalue weighted by atomic mass is 10.4. The van der Waals surface area contributed by atoms with Gasteiger partial charge in [-0.15, -0.1) is 10.2 Å². The first-order chi connectivity index (χ1) is 6.00. The van der Waals surface area contributed by atoms with Crippen LogP contribution in [-0.2, 0) is 0 Å². The predicted octanol–water partition coefficient (Wildman–Crippen LogP) is 1.56. The summed E-state index contributed by atoms with van der Waals surface area (Å²) in [6.07, 6.45) is 3.15. The Bertz CT molecular complexity index is 185. The number of nitrogens with zero attached hydrogens (tertiary/aromatic N) is 3. The number of benzene rings is 1. The van der Waals surface area contributed by atoms with E-state index in [1.165, 1.54) is 0 Å². The fraction of sp³-hybridized carbons (Fsp3) is 0. The third-order valence-corrected chi connectivity index (χ3v) is 1.08. The van der Waals surface area contributed by atoms with Crippen molar-refractivity contribution in [2.45, 2.75) is 0 Å². The van der Waals surface area contributed by atoms with Crippen LogP contribution >= 0.6 is 0 Å². The Labute approximate surface area is 71.1 Å². The Morgan fingerprint density at radius 1 is 0.500 bits per heavy atom. The molecule has 0 saturated carbocycles. The highest BCUT2D eigenvalue weighted by molar-refractivity contribution is 4.99. The van der Waals surface area contributed by atoms with Gasteiger partial charge in [-0.05, 0) is 11.3 Å². The van der Waals surface area contributed by atoms with Crippen molar-refractivity contribution < 1.29 is 0 Å². The summed E-state index contributed by atoms with van der Waals surface area (Å²) < 4.78 is 0. The number of aromatic nitrogens is 3. The molecule has 0 aliphatic heterocycles. The van der Waals surface area contributed by atoms with Crippen molar-refractivity contribution in [3.05, 3.63) is 54.9 Å². The minimum Gasteiger partial charge on any atom is -0.139 e. The second kappa shape index (κ2) is 5.97. The van der Waals surface area contributed by atoms with Gasteiger partial charge in [0.1, 0.15) is 0 Å². The van der Waals surface area contributed by atoms with Gasteiger partial charge >= 0.3 is 0 Å². The Morgan fingerprint density at radius 2 is 0.917 bits per heavy atom. The van der Waals surface area contributed by atoms with Crippen molar-refractivity contribution in [1.82, 2.24) is 15.4 Å². The first-order valence-electron chi connectivity index (χ1n) is 3.58. The molecular weight excluding hydrogens is 150 g/mol. The summed E-state index contributed by atoms with van der Waals surface area (Å²) in [6, 6.07) is 13.7. The second-order valence-corrected chi connectivity index (χ2v) is 1.97. The minimum absolute atomic E-state index is 1.58. The summed E-state index contributed by atoms with van der Waals surface area (Å²) in [6.45, 7) is 0. The molecule has 0 saturated heterocycles. The molecule has 0 unspecified atom stereocenters. The lowest BCUT2D eigenvalue weighted by Crippen LogP contribution is -1.78. The van der Waals surface area contributed by atoms with E-state index in [9.17, 15) is 0 Å². The zero-order valence-electron chi connectivity index (χ0n) is 6.54. The Hall–Kier alpha value is -1.77. The minimum atomic E-state index is 1.58. The van der Waals surface area contributed by atoms with Crippen LogP contribution in [0.3, 0.4) is 0 Å². The third kappa shape index (κ3) is 4.11. The summed E-state index contributed by atoms with van der Waals surface area (Å²) >= 11 is 0. The van der Waals surface area contributed by atoms with Gasteiger partial charge in [-0.1, -0.05) is 36.4 Å². The van der Waals surface area contributed by atoms with Gasteiger partial charge < -0.3 is 0 Å². The zero-order chi connectivity index (χ0) is 8.49. The van der Waals surface area contributed by atoms with E-state index in [1.54, 1.807) is 18.5 Å². The highest BCUT2D eigenvalue weighted by Gasteiger charge is 1.60. The van der Waals surface area contributed by atoms with Crippen molar-refractivity contribution in [2.75, 3.05) is 0 Å². The normalized spacial score (nSPS) is 8.00. The topological polar surface area (TPSA) is 38.7 Å². The fourth-order valence-electron chi connectivity index (χ4n) is 0.590. The smallest absolute Gasteiger partial charge is 0.0529 e. The molecule has 0 spiro atoms. The molecule has 2 rings (SSSR count). The lowest BCUT2D eigenvalue weighted by Gasteiger charge is -1.69. The largest absolute Gasteiger partial charge is 0.139 e. The van der Waals surface area contributed by atoms with E-state index < -0.39 is 0 Å². The van der Waals surface area contributed by atoms with Crippen molar-refractivity contribution in [3.8, 4) is 0 Å². The molecule has 1 heterocycles. The average Bonchev–Trinajstić information content (AvgIpc) is 2.24. The summed E-state index contributed by atoms with van der Waals surface area (Å²) in [5, 5.41) is 10.1. The van der Waals surface area contributed by atoms with Crippen LogP contribution in [0.15, 0.2) is 54.9 Å². The molecular formula is C9H9N3. The molecule has 1 aromatic carbocycles. The van der Waals surface area contributed by atoms with Gasteiger partial charge in [0.15, 0.2) is 0 Å². The molecule has 0 bridgehead atoms. The number of rotatable bonds is 0. The van der Waals surface area contributed by atoms with Gasteiger partial charge in [0, 0.05) is 0 Å². The Kier molecular flexibility index (Phi) is 4.15. The van der Waals surface area contributed by atoms with Crippen molar-refractivity contribution >= 4 is 0 Å². The Balaban J connectivity index is 0.000000120. The quantitative estimate of drug-likeness (QED) is 0.585. The maximum Gasteiger partial charge on any atom is 0.0529 e. The van der Waals surface area contributed by atoms with Crippen LogP contribution in [0.1, 0.15) is 0 Å². The molecule has 0 N–H and O–H groups in total. The fourth-order valence-corrected chi connectivity index (χ4v) is 0.590. The van der Waals surface area contributed by atoms with E-state index in [-0.39, 0.29) is 0 Å². The monoisotopic (exact) mass is 159 g/mol. The van der Waals surface area contributed by atoms with Gasteiger partial charge in [0.05, 0.1) is 12.4 Å². The van der Waals surface area contributed by atoms with E-state index >= 15 is 0 Å². The molecule has 1 aromatic heterocycles. The first kappa shape index (κ1) is 8.33. The van der Waals surface area contributed by atoms with Crippen LogP contribution in [-0.4, -0.2) is 15.4 Å². The van der Waals surface area contributed by atoms with Crippen molar-refractivity contribution in [1.29, 1.82) is 0 Å². The summed E-state index contributed by atoms with van der Waals surface area (Å²) in [7, 11) is 0. The highest BCUT2D eigenvalue weighted by Crippen LogP contribution is 1.79. The summed E-state index contributed by atoms with van der Waals surface area (Å²) in [4.78, 5) is 0. The zero-order valence-corrected chi connectivity index (χ0v) is 6.54. The van der Waals surface area contributed by atoms with Gasteiger partial charge in [0.2, 0.25) is 0 Å². The molecule has 12 heavy (non-hydrogen) atoms. The van der Waals surface area contributed by atoms with Gasteiger partial charge in [-0.3, -0.25) is 0 Å². The van der Waals surface area contributed by atoms with Crippen LogP contribution in [0.5, 0.6) is 0 Å². The van der Waals surface area contributed by atoms with Crippen LogP contribution in [0.25, 0.3) is 0 Å². The second-order valence-electron chi connectivity index (χ2n) is 1.97. The molecule has 2 aromatic rings. The van der Waals surface area contributed by atoms with Crippen LogP contribution in [0.2, 0.25) is 0 Å². The van der Waals surface area contributed by atoms with Crippen LogP contribution < -0.4 is 0 Å². The Morgan fingerprint density at radius 3 is 1.08 bits per heavy atom. The SMILES string of the molecule is c1ccccc1.c1cnnnc1. The molecule has 0 atom stereocenters. The molecule has 0 fully saturated rings. The van der Waals surface area contributed by atoms with E-state index in [0.29, 0.717) is 0 Å². The highest BCUT2D eigenvalue weighted by atomic mass is 15.3. The maximum atomic E-state index is 3.42. The van der Waals surface area contributed by atoms with Crippen molar-refractivity contribution in [3.63, 3.8) is 0 Å². The van der Waals surface area contributed by atoms with E-state index in [1.807, 2.05) is 36.4 Å². The van der Waals surface area contributed by atoms with Crippen molar-refractivity contribution in [2.24, 2.45) is 0 Å². The predicted molar refractivity (Wildman–Crippen MR) is 46.3 cm³/mol. The lowest BCUT2D eigenvalue weighted by molar-refractivity contribution is 0.865. The molecule has 0 aliphatic carbocycles. The number of hydrogen-bond donors (Lipinski definition) is 0. The molecule has 3 nitrogen and oxygen atoms in total. The summed E-state index contributed by atoms with van der Waals surface area (Å²) in [5.41, 5.74) is 0. The average molecular weight is 159 g/mol. The van der Waals surface area contributed by atoms with Crippen LogP contribution in [0.4, 0.5) is 0 Å². The standard InChI is InChI=1S/C6H6.C3H3N3/c2*1-2-4-6-5-3-1/h1-6H;1-3H.